The van der Waals surface area contributed by atoms with Crippen LogP contribution in [0.3, 0.4) is 0 Å². The molecule has 7 nitrogen and oxygen atoms in total. The Morgan fingerprint density at radius 3 is 2.08 bits per heavy atom. The number of benzene rings is 1. The number of hydrogen-bond acceptors (Lipinski definition) is 6. The van der Waals surface area contributed by atoms with Crippen LogP contribution in [0, 0.1) is 36.5 Å². The molecule has 0 aliphatic carbocycles. The molecule has 1 rings (SSSR count). The van der Waals surface area contributed by atoms with Crippen molar-refractivity contribution in [1.82, 2.24) is 4.90 Å². The van der Waals surface area contributed by atoms with Gasteiger partial charge in [-0.15, -0.1) is 0 Å². The van der Waals surface area contributed by atoms with Gasteiger partial charge in [0.15, 0.2) is 13.2 Å². The Hall–Kier alpha value is -3.06. The van der Waals surface area contributed by atoms with Gasteiger partial charge in [0.25, 0.3) is 5.91 Å². The van der Waals surface area contributed by atoms with Crippen molar-refractivity contribution in [2.75, 3.05) is 26.3 Å². The molecule has 0 radical (unpaired) electrons. The molecule has 132 valence electrons. The summed E-state index contributed by atoms with van der Waals surface area (Å²) in [5, 5.41) is 17.2. The Kier molecular flexibility index (Phi) is 8.53. The number of hydrogen-bond donors (Lipinski definition) is 0. The summed E-state index contributed by atoms with van der Waals surface area (Å²) in [7, 11) is 0. The number of carbonyl (C=O) groups is 2. The van der Waals surface area contributed by atoms with Crippen molar-refractivity contribution in [3.63, 3.8) is 0 Å². The number of aryl methyl sites for hydroxylation is 2. The van der Waals surface area contributed by atoms with Gasteiger partial charge in [-0.3, -0.25) is 4.79 Å². The van der Waals surface area contributed by atoms with Crippen molar-refractivity contribution in [3.8, 4) is 17.9 Å². The van der Waals surface area contributed by atoms with Gasteiger partial charge in [0.2, 0.25) is 0 Å². The molecule has 0 aromatic heterocycles. The van der Waals surface area contributed by atoms with Gasteiger partial charge in [-0.1, -0.05) is 6.07 Å². The second kappa shape index (κ2) is 10.7. The molecule has 0 saturated heterocycles. The third-order valence-electron chi connectivity index (χ3n) is 3.25. The van der Waals surface area contributed by atoms with Gasteiger partial charge in [0.1, 0.15) is 5.75 Å². The zero-order valence-corrected chi connectivity index (χ0v) is 14.4. The summed E-state index contributed by atoms with van der Waals surface area (Å²) in [5.41, 5.74) is 2.04. The van der Waals surface area contributed by atoms with E-state index in [4.69, 9.17) is 20.0 Å². The van der Waals surface area contributed by atoms with Gasteiger partial charge < -0.3 is 14.4 Å². The fourth-order valence-electron chi connectivity index (χ4n) is 2.16. The van der Waals surface area contributed by atoms with Crippen molar-refractivity contribution in [2.45, 2.75) is 26.7 Å². The van der Waals surface area contributed by atoms with Crippen molar-refractivity contribution in [3.05, 3.63) is 29.3 Å². The number of carbonyl (C=O) groups excluding carboxylic acids is 2. The first kappa shape index (κ1) is 20.0. The topological polar surface area (TPSA) is 103 Å². The summed E-state index contributed by atoms with van der Waals surface area (Å²) in [4.78, 5) is 25.1. The van der Waals surface area contributed by atoms with E-state index in [-0.39, 0.29) is 32.5 Å². The molecule has 1 amide bonds. The van der Waals surface area contributed by atoms with E-state index in [1.54, 1.807) is 12.1 Å². The Morgan fingerprint density at radius 2 is 1.56 bits per heavy atom. The zero-order valence-electron chi connectivity index (χ0n) is 14.4. The lowest BCUT2D eigenvalue weighted by Gasteiger charge is -2.20. The van der Waals surface area contributed by atoms with Gasteiger partial charge in [0, 0.05) is 13.1 Å². The molecule has 0 saturated carbocycles. The molecule has 0 atom stereocenters. The lowest BCUT2D eigenvalue weighted by Crippen LogP contribution is -2.36. The minimum absolute atomic E-state index is 0.154. The molecule has 25 heavy (non-hydrogen) atoms. The lowest BCUT2D eigenvalue weighted by atomic mass is 10.1. The summed E-state index contributed by atoms with van der Waals surface area (Å²) >= 11 is 0. The highest BCUT2D eigenvalue weighted by Crippen LogP contribution is 2.16. The second-order valence-corrected chi connectivity index (χ2v) is 5.47. The SMILES string of the molecule is Cc1cc(C)cc(OCC(=O)OCC(=O)N(CCC#N)CCC#N)c1. The maximum Gasteiger partial charge on any atom is 0.344 e. The Labute approximate surface area is 147 Å². The summed E-state index contributed by atoms with van der Waals surface area (Å²) in [6.45, 7) is 3.52. The summed E-state index contributed by atoms with van der Waals surface area (Å²) < 4.78 is 10.3. The fourth-order valence-corrected chi connectivity index (χ4v) is 2.16. The normalized spacial score (nSPS) is 9.60. The smallest absolute Gasteiger partial charge is 0.344 e. The average molecular weight is 343 g/mol. The molecule has 1 aromatic carbocycles. The van der Waals surface area contributed by atoms with E-state index in [0.717, 1.165) is 11.1 Å². The van der Waals surface area contributed by atoms with Crippen LogP contribution in [0.4, 0.5) is 0 Å². The first-order chi connectivity index (χ1) is 12.0. The first-order valence-electron chi connectivity index (χ1n) is 7.84. The summed E-state index contributed by atoms with van der Waals surface area (Å²) in [6.07, 6.45) is 0.307. The van der Waals surface area contributed by atoms with Crippen LogP contribution in [-0.4, -0.2) is 43.1 Å². The molecule has 0 unspecified atom stereocenters. The second-order valence-electron chi connectivity index (χ2n) is 5.47. The first-order valence-corrected chi connectivity index (χ1v) is 7.84. The Morgan fingerprint density at radius 1 is 1.00 bits per heavy atom. The molecule has 0 aliphatic rings. The minimum atomic E-state index is -0.659. The number of nitrogens with zero attached hydrogens (tertiary/aromatic N) is 3. The van der Waals surface area contributed by atoms with E-state index < -0.39 is 18.5 Å². The van der Waals surface area contributed by atoms with Crippen LogP contribution in [0.5, 0.6) is 5.75 Å². The predicted molar refractivity (Wildman–Crippen MR) is 89.4 cm³/mol. The van der Waals surface area contributed by atoms with Crippen LogP contribution in [0.1, 0.15) is 24.0 Å². The fraction of sp³-hybridized carbons (Fsp3) is 0.444. The Balaban J connectivity index is 2.44. The van der Waals surface area contributed by atoms with Crippen LogP contribution in [0.15, 0.2) is 18.2 Å². The maximum absolute atomic E-state index is 12.0. The molecular formula is C18H21N3O4. The van der Waals surface area contributed by atoms with E-state index in [9.17, 15) is 9.59 Å². The maximum atomic E-state index is 12.0. The quantitative estimate of drug-likeness (QED) is 0.634. The van der Waals surface area contributed by atoms with E-state index >= 15 is 0 Å². The highest BCUT2D eigenvalue weighted by Gasteiger charge is 2.15. The molecule has 0 aliphatic heterocycles. The molecule has 0 bridgehead atoms. The van der Waals surface area contributed by atoms with Crippen molar-refractivity contribution >= 4 is 11.9 Å². The van der Waals surface area contributed by atoms with Gasteiger partial charge in [-0.05, 0) is 37.1 Å². The van der Waals surface area contributed by atoms with Crippen molar-refractivity contribution < 1.29 is 19.1 Å². The van der Waals surface area contributed by atoms with E-state index in [0.29, 0.717) is 5.75 Å². The molecule has 7 heteroatoms. The van der Waals surface area contributed by atoms with Crippen LogP contribution in [0.2, 0.25) is 0 Å². The predicted octanol–water partition coefficient (Wildman–Crippen LogP) is 1.88. The number of nitriles is 2. The van der Waals surface area contributed by atoms with Crippen molar-refractivity contribution in [2.24, 2.45) is 0 Å². The van der Waals surface area contributed by atoms with E-state index in [2.05, 4.69) is 0 Å². The number of amides is 1. The van der Waals surface area contributed by atoms with Crippen LogP contribution >= 0.6 is 0 Å². The molecule has 0 heterocycles. The van der Waals surface area contributed by atoms with E-state index in [1.165, 1.54) is 4.90 Å². The largest absolute Gasteiger partial charge is 0.482 e. The third kappa shape index (κ3) is 7.85. The number of rotatable bonds is 9. The third-order valence-corrected chi connectivity index (χ3v) is 3.25. The standard InChI is InChI=1S/C18H21N3O4/c1-14-9-15(2)11-16(10-14)24-13-18(23)25-12-17(22)21(7-3-5-19)8-4-6-20/h9-11H,3-4,7-8,12-13H2,1-2H3. The van der Waals surface area contributed by atoms with Crippen molar-refractivity contribution in [1.29, 1.82) is 10.5 Å². The summed E-state index contributed by atoms with van der Waals surface area (Å²) in [6, 6.07) is 9.47. The lowest BCUT2D eigenvalue weighted by molar-refractivity contribution is -0.153. The van der Waals surface area contributed by atoms with Crippen LogP contribution in [-0.2, 0) is 14.3 Å². The molecular weight excluding hydrogens is 322 g/mol. The van der Waals surface area contributed by atoms with Gasteiger partial charge >= 0.3 is 5.97 Å². The van der Waals surface area contributed by atoms with E-state index in [1.807, 2.05) is 32.1 Å². The number of ether oxygens (including phenoxy) is 2. The molecule has 1 aromatic rings. The highest BCUT2D eigenvalue weighted by molar-refractivity contribution is 5.81. The van der Waals surface area contributed by atoms with Gasteiger partial charge in [0.05, 0.1) is 25.0 Å². The van der Waals surface area contributed by atoms with Gasteiger partial charge in [-0.2, -0.15) is 10.5 Å². The Bertz CT molecular complexity index is 650. The van der Waals surface area contributed by atoms with Crippen LogP contribution < -0.4 is 4.74 Å². The molecule has 0 fully saturated rings. The molecule has 0 spiro atoms. The highest BCUT2D eigenvalue weighted by atomic mass is 16.6. The molecule has 0 N–H and O–H groups in total. The average Bonchev–Trinajstić information content (AvgIpc) is 2.57. The summed E-state index contributed by atoms with van der Waals surface area (Å²) in [5.74, 6) is -0.538. The van der Waals surface area contributed by atoms with Crippen LogP contribution in [0.25, 0.3) is 0 Å². The minimum Gasteiger partial charge on any atom is -0.482 e. The monoisotopic (exact) mass is 343 g/mol. The zero-order chi connectivity index (χ0) is 18.7. The van der Waals surface area contributed by atoms with Gasteiger partial charge in [-0.25, -0.2) is 4.79 Å². The number of esters is 1.